The van der Waals surface area contributed by atoms with Crippen LogP contribution in [-0.4, -0.2) is 9.97 Å². The molecule has 3 heterocycles. The molecule has 0 aliphatic rings. The molecule has 0 bridgehead atoms. The van der Waals surface area contributed by atoms with Crippen LogP contribution in [0.4, 0.5) is 0 Å². The molecule has 3 heteroatoms. The van der Waals surface area contributed by atoms with Crippen LogP contribution in [0.2, 0.25) is 0 Å². The predicted octanol–water partition coefficient (Wildman–Crippen LogP) is 17.5. The Kier molecular flexibility index (Phi) is 9.17. The molecule has 0 fully saturated rings. The Bertz CT molecular complexity index is 3950. The van der Waals surface area contributed by atoms with Crippen molar-refractivity contribution in [3.8, 4) is 78.4 Å². The number of benzene rings is 10. The van der Waals surface area contributed by atoms with E-state index in [4.69, 9.17) is 14.4 Å². The molecule has 0 aliphatic carbocycles. The van der Waals surface area contributed by atoms with E-state index in [0.717, 1.165) is 105 Å². The van der Waals surface area contributed by atoms with Crippen LogP contribution in [-0.2, 0) is 0 Å². The van der Waals surface area contributed by atoms with Gasteiger partial charge in [-0.25, -0.2) is 4.98 Å². The van der Waals surface area contributed by atoms with Crippen molar-refractivity contribution in [2.75, 3.05) is 0 Å². The monoisotopic (exact) mass is 852 g/mol. The van der Waals surface area contributed by atoms with Gasteiger partial charge in [-0.15, -0.1) is 0 Å². The maximum Gasteiger partial charge on any atom is 0.144 e. The summed E-state index contributed by atoms with van der Waals surface area (Å²) in [7, 11) is 0. The fraction of sp³-hybridized carbons (Fsp3) is 0. The van der Waals surface area contributed by atoms with Crippen LogP contribution < -0.4 is 0 Å². The number of fused-ring (bicyclic) bond motifs is 6. The lowest BCUT2D eigenvalue weighted by atomic mass is 9.85. The summed E-state index contributed by atoms with van der Waals surface area (Å²) in [5, 5.41) is 9.14. The van der Waals surface area contributed by atoms with E-state index in [1.165, 1.54) is 27.3 Å². The fourth-order valence-electron chi connectivity index (χ4n) is 10.3. The normalized spacial score (nSPS) is 11.6. The van der Waals surface area contributed by atoms with Crippen molar-refractivity contribution in [3.63, 3.8) is 0 Å². The molecule has 0 N–H and O–H groups in total. The third-order valence-electron chi connectivity index (χ3n) is 13.3. The van der Waals surface area contributed by atoms with Gasteiger partial charge in [-0.05, 0) is 77.8 Å². The molecule has 13 aromatic rings. The molecule has 0 spiro atoms. The molecule has 0 unspecified atom stereocenters. The smallest absolute Gasteiger partial charge is 0.144 e. The molecule has 0 atom stereocenters. The highest BCUT2D eigenvalue weighted by atomic mass is 16.3. The standard InChI is InChI=1S/C64H40N2O/c1-4-17-42(18-5-1)57-52-26-12-14-28-54(52)60(55-29-15-13-27-53(55)57)64-59(44-21-8-3-9-22-44)58(43-19-6-2-7-20-43)63(67-64)47-34-30-41(31-35-47)48-37-38-51(50-25-11-10-24-49(48)50)56-39-36-46-33-32-45-23-16-40-65-61(45)62(46)66-56/h1-40H. The van der Waals surface area contributed by atoms with Gasteiger partial charge in [0, 0.05) is 44.8 Å². The predicted molar refractivity (Wildman–Crippen MR) is 280 cm³/mol. The van der Waals surface area contributed by atoms with E-state index in [9.17, 15) is 0 Å². The Morgan fingerprint density at radius 3 is 1.31 bits per heavy atom. The average Bonchev–Trinajstić information content (AvgIpc) is 3.80. The SMILES string of the molecule is c1ccc(-c2c(-c3ccc(-c4ccc(-c5ccc6ccc7cccnc7c6n5)c5ccccc45)cc3)oc(-c3c4ccccc4c(-c4ccccc4)c4ccccc34)c2-c2ccccc2)cc1. The Labute approximate surface area is 387 Å². The summed E-state index contributed by atoms with van der Waals surface area (Å²) in [6.07, 6.45) is 1.84. The first kappa shape index (κ1) is 38.5. The first-order valence-electron chi connectivity index (χ1n) is 22.8. The fourth-order valence-corrected chi connectivity index (χ4v) is 10.3. The highest BCUT2D eigenvalue weighted by Crippen LogP contribution is 2.53. The van der Waals surface area contributed by atoms with Gasteiger partial charge in [-0.2, -0.15) is 0 Å². The van der Waals surface area contributed by atoms with Crippen LogP contribution >= 0.6 is 0 Å². The molecule has 0 saturated heterocycles. The van der Waals surface area contributed by atoms with Crippen LogP contribution in [0.3, 0.4) is 0 Å². The lowest BCUT2D eigenvalue weighted by Crippen LogP contribution is -1.91. The minimum absolute atomic E-state index is 0.830. The van der Waals surface area contributed by atoms with Gasteiger partial charge in [0.25, 0.3) is 0 Å². The van der Waals surface area contributed by atoms with Gasteiger partial charge in [-0.3, -0.25) is 4.98 Å². The van der Waals surface area contributed by atoms with E-state index in [1.807, 2.05) is 12.3 Å². The van der Waals surface area contributed by atoms with E-state index in [0.29, 0.717) is 0 Å². The second-order valence-electron chi connectivity index (χ2n) is 17.1. The van der Waals surface area contributed by atoms with Crippen molar-refractivity contribution in [2.45, 2.75) is 0 Å². The molecule has 0 amide bonds. The molecule has 312 valence electrons. The lowest BCUT2D eigenvalue weighted by molar-refractivity contribution is 0.600. The zero-order chi connectivity index (χ0) is 44.3. The van der Waals surface area contributed by atoms with Crippen molar-refractivity contribution >= 4 is 54.1 Å². The largest absolute Gasteiger partial charge is 0.455 e. The number of hydrogen-bond acceptors (Lipinski definition) is 3. The minimum atomic E-state index is 0.830. The van der Waals surface area contributed by atoms with Crippen LogP contribution in [0, 0.1) is 0 Å². The van der Waals surface area contributed by atoms with Crippen LogP contribution in [0.1, 0.15) is 0 Å². The molecule has 3 aromatic heterocycles. The van der Waals surface area contributed by atoms with Crippen molar-refractivity contribution in [2.24, 2.45) is 0 Å². The summed E-state index contributed by atoms with van der Waals surface area (Å²) in [6.45, 7) is 0. The Hall–Kier alpha value is -8.92. The maximum absolute atomic E-state index is 7.52. The molecule has 10 aromatic carbocycles. The van der Waals surface area contributed by atoms with Gasteiger partial charge in [0.15, 0.2) is 0 Å². The Morgan fingerprint density at radius 2 is 0.716 bits per heavy atom. The van der Waals surface area contributed by atoms with E-state index in [-0.39, 0.29) is 0 Å². The number of nitrogens with zero attached hydrogens (tertiary/aromatic N) is 2. The van der Waals surface area contributed by atoms with E-state index in [2.05, 4.69) is 231 Å². The van der Waals surface area contributed by atoms with Crippen LogP contribution in [0.5, 0.6) is 0 Å². The summed E-state index contributed by atoms with van der Waals surface area (Å²) in [5.74, 6) is 1.68. The zero-order valence-corrected chi connectivity index (χ0v) is 36.4. The van der Waals surface area contributed by atoms with Crippen LogP contribution in [0.15, 0.2) is 247 Å². The van der Waals surface area contributed by atoms with Gasteiger partial charge >= 0.3 is 0 Å². The number of rotatable bonds is 7. The third kappa shape index (κ3) is 6.43. The van der Waals surface area contributed by atoms with Crippen molar-refractivity contribution in [3.05, 3.63) is 243 Å². The molecular weight excluding hydrogens is 813 g/mol. The highest BCUT2D eigenvalue weighted by Gasteiger charge is 2.28. The van der Waals surface area contributed by atoms with E-state index in [1.54, 1.807) is 0 Å². The summed E-state index contributed by atoms with van der Waals surface area (Å²) in [6, 6.07) is 84.4. The minimum Gasteiger partial charge on any atom is -0.455 e. The summed E-state index contributed by atoms with van der Waals surface area (Å²) >= 11 is 0. The Morgan fingerprint density at radius 1 is 0.269 bits per heavy atom. The number of furan rings is 1. The topological polar surface area (TPSA) is 38.9 Å². The number of pyridine rings is 2. The summed E-state index contributed by atoms with van der Waals surface area (Å²) < 4.78 is 7.52. The van der Waals surface area contributed by atoms with Gasteiger partial charge in [0.2, 0.25) is 0 Å². The van der Waals surface area contributed by atoms with Crippen molar-refractivity contribution in [1.82, 2.24) is 9.97 Å². The van der Waals surface area contributed by atoms with Crippen molar-refractivity contribution < 1.29 is 4.42 Å². The van der Waals surface area contributed by atoms with Crippen molar-refractivity contribution in [1.29, 1.82) is 0 Å². The first-order valence-corrected chi connectivity index (χ1v) is 22.8. The molecule has 3 nitrogen and oxygen atoms in total. The highest BCUT2D eigenvalue weighted by molar-refractivity contribution is 6.23. The molecule has 13 rings (SSSR count). The van der Waals surface area contributed by atoms with Gasteiger partial charge in [-0.1, -0.05) is 224 Å². The molecule has 0 radical (unpaired) electrons. The van der Waals surface area contributed by atoms with Gasteiger partial charge in [0.05, 0.1) is 16.7 Å². The van der Waals surface area contributed by atoms with E-state index < -0.39 is 0 Å². The number of hydrogen-bond donors (Lipinski definition) is 0. The molecule has 67 heavy (non-hydrogen) atoms. The molecule has 0 aliphatic heterocycles. The second-order valence-corrected chi connectivity index (χ2v) is 17.1. The van der Waals surface area contributed by atoms with Gasteiger partial charge < -0.3 is 4.42 Å². The second kappa shape index (κ2) is 16.0. The van der Waals surface area contributed by atoms with Gasteiger partial charge in [0.1, 0.15) is 11.5 Å². The third-order valence-corrected chi connectivity index (χ3v) is 13.3. The average molecular weight is 853 g/mol. The quantitative estimate of drug-likeness (QED) is 0.118. The van der Waals surface area contributed by atoms with Crippen LogP contribution in [0.25, 0.3) is 133 Å². The molecular formula is C64H40N2O. The maximum atomic E-state index is 7.52. The lowest BCUT2D eigenvalue weighted by Gasteiger charge is -2.17. The Balaban J connectivity index is 1.00. The zero-order valence-electron chi connectivity index (χ0n) is 36.4. The van der Waals surface area contributed by atoms with E-state index >= 15 is 0 Å². The molecule has 0 saturated carbocycles. The number of aromatic nitrogens is 2. The summed E-state index contributed by atoms with van der Waals surface area (Å²) in [5.41, 5.74) is 15.0. The summed E-state index contributed by atoms with van der Waals surface area (Å²) in [4.78, 5) is 9.95. The first-order chi connectivity index (χ1) is 33.3.